The van der Waals surface area contributed by atoms with Gasteiger partial charge in [-0.25, -0.2) is 0 Å². The van der Waals surface area contributed by atoms with Gasteiger partial charge in [0, 0.05) is 9.75 Å². The molecule has 1 aliphatic rings. The van der Waals surface area contributed by atoms with Gasteiger partial charge in [-0.05, 0) is 74.5 Å². The molecule has 24 heavy (non-hydrogen) atoms. The van der Waals surface area contributed by atoms with E-state index in [2.05, 4.69) is 5.32 Å². The first-order chi connectivity index (χ1) is 11.3. The van der Waals surface area contributed by atoms with Crippen LogP contribution in [0.15, 0.2) is 35.9 Å². The van der Waals surface area contributed by atoms with Crippen molar-refractivity contribution in [2.45, 2.75) is 20.8 Å². The number of aryl methyl sites for hydroxylation is 3. The van der Waals surface area contributed by atoms with E-state index in [0.29, 0.717) is 5.69 Å². The summed E-state index contributed by atoms with van der Waals surface area (Å²) in [7, 11) is 0. The molecule has 1 aromatic heterocycles. The van der Waals surface area contributed by atoms with E-state index in [-0.39, 0.29) is 10.7 Å². The highest BCUT2D eigenvalue weighted by molar-refractivity contribution is 7.80. The fourth-order valence-electron chi connectivity index (χ4n) is 2.64. The van der Waals surface area contributed by atoms with E-state index in [4.69, 9.17) is 12.2 Å². The monoisotopic (exact) mass is 356 g/mol. The average Bonchev–Trinajstić information content (AvgIpc) is 2.87. The number of amides is 2. The quantitative estimate of drug-likeness (QED) is 0.509. The van der Waals surface area contributed by atoms with Gasteiger partial charge in [0.15, 0.2) is 5.11 Å². The van der Waals surface area contributed by atoms with Gasteiger partial charge >= 0.3 is 0 Å². The minimum Gasteiger partial charge on any atom is -0.298 e. The smallest absolute Gasteiger partial charge is 0.270 e. The molecule has 2 heterocycles. The van der Waals surface area contributed by atoms with Crippen molar-refractivity contribution in [3.63, 3.8) is 0 Å². The molecule has 1 saturated heterocycles. The molecule has 6 heteroatoms. The van der Waals surface area contributed by atoms with Gasteiger partial charge < -0.3 is 0 Å². The SMILES string of the molecule is Cc1cc(C)cc(N2C(=O)C(=Cc3ccc(C)s3)C(=O)NC2=S)c1. The second-order valence-corrected chi connectivity index (χ2v) is 7.46. The van der Waals surface area contributed by atoms with Crippen molar-refractivity contribution in [1.29, 1.82) is 0 Å². The Balaban J connectivity index is 2.04. The van der Waals surface area contributed by atoms with Gasteiger partial charge in [0.05, 0.1) is 5.69 Å². The van der Waals surface area contributed by atoms with E-state index in [1.807, 2.05) is 51.1 Å². The maximum atomic E-state index is 12.9. The number of carbonyl (C=O) groups is 2. The maximum absolute atomic E-state index is 12.9. The van der Waals surface area contributed by atoms with Crippen molar-refractivity contribution in [2.75, 3.05) is 4.90 Å². The molecular formula is C18H16N2O2S2. The molecule has 2 amide bonds. The number of thiocarbonyl (C=S) groups is 1. The van der Waals surface area contributed by atoms with Gasteiger partial charge in [-0.15, -0.1) is 11.3 Å². The van der Waals surface area contributed by atoms with Crippen LogP contribution in [0.5, 0.6) is 0 Å². The molecule has 1 aromatic carbocycles. The number of hydrogen-bond acceptors (Lipinski definition) is 4. The van der Waals surface area contributed by atoms with Crippen molar-refractivity contribution in [1.82, 2.24) is 5.32 Å². The van der Waals surface area contributed by atoms with Crippen LogP contribution in [0, 0.1) is 20.8 Å². The zero-order valence-electron chi connectivity index (χ0n) is 13.5. The normalized spacial score (nSPS) is 16.7. The maximum Gasteiger partial charge on any atom is 0.270 e. The second-order valence-electron chi connectivity index (χ2n) is 5.75. The zero-order valence-corrected chi connectivity index (χ0v) is 15.2. The van der Waals surface area contributed by atoms with Crippen LogP contribution in [0.2, 0.25) is 0 Å². The average molecular weight is 356 g/mol. The van der Waals surface area contributed by atoms with Gasteiger partial charge in [0.2, 0.25) is 0 Å². The standard InChI is InChI=1S/C18H16N2O2S2/c1-10-6-11(2)8-13(7-10)20-17(22)15(16(21)19-18(20)23)9-14-5-4-12(3)24-14/h4-9H,1-3H3,(H,19,21,23). The summed E-state index contributed by atoms with van der Waals surface area (Å²) in [6, 6.07) is 9.62. The lowest BCUT2D eigenvalue weighted by Gasteiger charge is -2.29. The van der Waals surface area contributed by atoms with E-state index in [9.17, 15) is 9.59 Å². The fourth-order valence-corrected chi connectivity index (χ4v) is 3.75. The van der Waals surface area contributed by atoms with Gasteiger partial charge in [-0.1, -0.05) is 6.07 Å². The Hall–Kier alpha value is -2.31. The molecule has 0 aliphatic carbocycles. The molecule has 4 nitrogen and oxygen atoms in total. The highest BCUT2D eigenvalue weighted by Crippen LogP contribution is 2.25. The summed E-state index contributed by atoms with van der Waals surface area (Å²) in [4.78, 5) is 28.5. The molecular weight excluding hydrogens is 340 g/mol. The molecule has 2 aromatic rings. The Morgan fingerprint density at radius 1 is 1.08 bits per heavy atom. The molecule has 0 spiro atoms. The fraction of sp³-hybridized carbons (Fsp3) is 0.167. The third kappa shape index (κ3) is 3.16. The molecule has 0 unspecified atom stereocenters. The molecule has 0 bridgehead atoms. The lowest BCUT2D eigenvalue weighted by atomic mass is 10.1. The van der Waals surface area contributed by atoms with Crippen molar-refractivity contribution in [2.24, 2.45) is 0 Å². The Morgan fingerprint density at radius 3 is 2.33 bits per heavy atom. The summed E-state index contributed by atoms with van der Waals surface area (Å²) >= 11 is 6.75. The molecule has 122 valence electrons. The van der Waals surface area contributed by atoms with Gasteiger partial charge in [-0.2, -0.15) is 0 Å². The third-order valence-electron chi connectivity index (χ3n) is 3.61. The van der Waals surface area contributed by atoms with Crippen LogP contribution in [0.3, 0.4) is 0 Å². The summed E-state index contributed by atoms with van der Waals surface area (Å²) in [6.07, 6.45) is 1.62. The molecule has 3 rings (SSSR count). The Labute approximate surface area is 149 Å². The van der Waals surface area contributed by atoms with E-state index in [1.165, 1.54) is 16.2 Å². The Kier molecular flexibility index (Phi) is 4.34. The van der Waals surface area contributed by atoms with E-state index in [0.717, 1.165) is 20.9 Å². The number of rotatable bonds is 2. The minimum absolute atomic E-state index is 0.0876. The van der Waals surface area contributed by atoms with Crippen LogP contribution >= 0.6 is 23.6 Å². The van der Waals surface area contributed by atoms with Crippen LogP contribution < -0.4 is 10.2 Å². The van der Waals surface area contributed by atoms with Crippen LogP contribution in [0.1, 0.15) is 20.9 Å². The summed E-state index contributed by atoms with van der Waals surface area (Å²) in [5, 5.41) is 2.71. The van der Waals surface area contributed by atoms with Crippen LogP contribution in [0.4, 0.5) is 5.69 Å². The lowest BCUT2D eigenvalue weighted by molar-refractivity contribution is -0.122. The molecule has 0 atom stereocenters. The van der Waals surface area contributed by atoms with Crippen molar-refractivity contribution < 1.29 is 9.59 Å². The third-order valence-corrected chi connectivity index (χ3v) is 4.85. The molecule has 0 radical (unpaired) electrons. The highest BCUT2D eigenvalue weighted by atomic mass is 32.1. The van der Waals surface area contributed by atoms with Gasteiger partial charge in [-0.3, -0.25) is 19.8 Å². The number of thiophene rings is 1. The summed E-state index contributed by atoms with van der Waals surface area (Å²) in [5.41, 5.74) is 2.80. The first-order valence-electron chi connectivity index (χ1n) is 7.41. The molecule has 1 fully saturated rings. The molecule has 0 saturated carbocycles. The zero-order chi connectivity index (χ0) is 17.4. The minimum atomic E-state index is -0.461. The predicted molar refractivity (Wildman–Crippen MR) is 101 cm³/mol. The van der Waals surface area contributed by atoms with Gasteiger partial charge in [0.25, 0.3) is 11.8 Å². The molecule has 1 N–H and O–H groups in total. The highest BCUT2D eigenvalue weighted by Gasteiger charge is 2.34. The Morgan fingerprint density at radius 2 is 1.75 bits per heavy atom. The largest absolute Gasteiger partial charge is 0.298 e. The van der Waals surface area contributed by atoms with Crippen molar-refractivity contribution in [3.8, 4) is 0 Å². The van der Waals surface area contributed by atoms with Gasteiger partial charge in [0.1, 0.15) is 5.57 Å². The number of carbonyl (C=O) groups excluding carboxylic acids is 2. The van der Waals surface area contributed by atoms with Crippen LogP contribution in [0.25, 0.3) is 6.08 Å². The predicted octanol–water partition coefficient (Wildman–Crippen LogP) is 3.50. The summed E-state index contributed by atoms with van der Waals surface area (Å²) in [6.45, 7) is 5.89. The number of hydrogen-bond donors (Lipinski definition) is 1. The van der Waals surface area contributed by atoms with E-state index >= 15 is 0 Å². The van der Waals surface area contributed by atoms with Crippen molar-refractivity contribution in [3.05, 3.63) is 56.8 Å². The lowest BCUT2D eigenvalue weighted by Crippen LogP contribution is -2.54. The Bertz CT molecular complexity index is 876. The summed E-state index contributed by atoms with van der Waals surface area (Å²) in [5.74, 6) is -0.864. The first kappa shape index (κ1) is 16.5. The van der Waals surface area contributed by atoms with Crippen molar-refractivity contribution >= 4 is 52.2 Å². The first-order valence-corrected chi connectivity index (χ1v) is 8.64. The second kappa shape index (κ2) is 6.30. The molecule has 1 aliphatic heterocycles. The summed E-state index contributed by atoms with van der Waals surface area (Å²) < 4.78 is 0. The van der Waals surface area contributed by atoms with E-state index < -0.39 is 11.8 Å². The van der Waals surface area contributed by atoms with Crippen LogP contribution in [-0.4, -0.2) is 16.9 Å². The number of benzene rings is 1. The van der Waals surface area contributed by atoms with E-state index in [1.54, 1.807) is 6.08 Å². The number of anilines is 1. The number of nitrogens with one attached hydrogen (secondary N) is 1. The topological polar surface area (TPSA) is 49.4 Å². The number of nitrogens with zero attached hydrogens (tertiary/aromatic N) is 1. The van der Waals surface area contributed by atoms with Crippen LogP contribution in [-0.2, 0) is 9.59 Å².